The van der Waals surface area contributed by atoms with Gasteiger partial charge in [0, 0.05) is 6.04 Å². The summed E-state index contributed by atoms with van der Waals surface area (Å²) >= 11 is 0. The van der Waals surface area contributed by atoms with E-state index in [0.717, 1.165) is 0 Å². The maximum Gasteiger partial charge on any atom is 0.0386 e. The zero-order chi connectivity index (χ0) is 6.69. The third kappa shape index (κ3) is 1.98. The van der Waals surface area contributed by atoms with Crippen molar-refractivity contribution < 1.29 is 0 Å². The van der Waals surface area contributed by atoms with Gasteiger partial charge in [0.1, 0.15) is 0 Å². The summed E-state index contributed by atoms with van der Waals surface area (Å²) in [6.45, 7) is 0. The van der Waals surface area contributed by atoms with Gasteiger partial charge in [-0.1, -0.05) is 19.3 Å². The molecule has 53 valence electrons. The molecule has 0 aliphatic heterocycles. The molecule has 0 atom stereocenters. The molecular weight excluding hydrogens is 110 g/mol. The first kappa shape index (κ1) is 7.07. The zero-order valence-electron chi connectivity index (χ0n) is 6.48. The number of nitrogens with zero attached hydrogens (tertiary/aromatic N) is 1. The van der Waals surface area contributed by atoms with Crippen molar-refractivity contribution in [2.24, 2.45) is 0 Å². The largest absolute Gasteiger partial charge is 0.302 e. The SMILES string of the molecule is CN(C)[C]1CCCCC1. The van der Waals surface area contributed by atoms with E-state index < -0.39 is 0 Å². The lowest BCUT2D eigenvalue weighted by Gasteiger charge is -2.26. The molecule has 0 aromatic heterocycles. The third-order valence-electron chi connectivity index (χ3n) is 2.06. The second kappa shape index (κ2) is 3.21. The Kier molecular flexibility index (Phi) is 2.52. The van der Waals surface area contributed by atoms with Gasteiger partial charge in [-0.3, -0.25) is 0 Å². The monoisotopic (exact) mass is 126 g/mol. The standard InChI is InChI=1S/C8H16N/c1-9(2)8-6-4-3-5-7-8/h3-7H2,1-2H3. The van der Waals surface area contributed by atoms with E-state index in [0.29, 0.717) is 0 Å². The Balaban J connectivity index is 2.23. The average molecular weight is 126 g/mol. The van der Waals surface area contributed by atoms with Crippen LogP contribution in [0, 0.1) is 6.04 Å². The van der Waals surface area contributed by atoms with Crippen LogP contribution in [0.1, 0.15) is 32.1 Å². The van der Waals surface area contributed by atoms with E-state index in [1.165, 1.54) is 32.1 Å². The molecule has 1 rings (SSSR count). The highest BCUT2D eigenvalue weighted by molar-refractivity contribution is 4.88. The summed E-state index contributed by atoms with van der Waals surface area (Å²) in [7, 11) is 4.31. The van der Waals surface area contributed by atoms with E-state index in [1.54, 1.807) is 6.04 Å². The molecule has 1 fully saturated rings. The van der Waals surface area contributed by atoms with Crippen LogP contribution in [0.5, 0.6) is 0 Å². The molecule has 0 saturated heterocycles. The van der Waals surface area contributed by atoms with Gasteiger partial charge < -0.3 is 4.90 Å². The fraction of sp³-hybridized carbons (Fsp3) is 0.875. The molecule has 9 heavy (non-hydrogen) atoms. The highest BCUT2D eigenvalue weighted by Gasteiger charge is 2.14. The molecule has 0 spiro atoms. The molecule has 1 saturated carbocycles. The van der Waals surface area contributed by atoms with Crippen molar-refractivity contribution in [3.8, 4) is 0 Å². The molecule has 1 radical (unpaired) electrons. The van der Waals surface area contributed by atoms with Crippen molar-refractivity contribution in [3.63, 3.8) is 0 Å². The normalized spacial score (nSPS) is 23.0. The number of hydrogen-bond donors (Lipinski definition) is 0. The van der Waals surface area contributed by atoms with E-state index in [9.17, 15) is 0 Å². The van der Waals surface area contributed by atoms with Crippen LogP contribution in [0.3, 0.4) is 0 Å². The molecule has 0 amide bonds. The molecule has 0 N–H and O–H groups in total. The van der Waals surface area contributed by atoms with Gasteiger partial charge in [0.15, 0.2) is 0 Å². The third-order valence-corrected chi connectivity index (χ3v) is 2.06. The lowest BCUT2D eigenvalue weighted by molar-refractivity contribution is 0.330. The fourth-order valence-electron chi connectivity index (χ4n) is 1.41. The first-order valence-corrected chi connectivity index (χ1v) is 3.83. The van der Waals surface area contributed by atoms with Crippen LogP contribution in [0.25, 0.3) is 0 Å². The molecule has 1 aliphatic rings. The Bertz CT molecular complexity index is 72.6. The van der Waals surface area contributed by atoms with Crippen LogP contribution in [0.4, 0.5) is 0 Å². The fourth-order valence-corrected chi connectivity index (χ4v) is 1.41. The lowest BCUT2D eigenvalue weighted by atomic mass is 9.95. The van der Waals surface area contributed by atoms with Crippen LogP contribution < -0.4 is 0 Å². The summed E-state index contributed by atoms with van der Waals surface area (Å²) in [6, 6.07) is 1.64. The summed E-state index contributed by atoms with van der Waals surface area (Å²) in [5.74, 6) is 0. The van der Waals surface area contributed by atoms with Gasteiger partial charge >= 0.3 is 0 Å². The summed E-state index contributed by atoms with van der Waals surface area (Å²) in [6.07, 6.45) is 6.94. The molecule has 1 aliphatic carbocycles. The Morgan fingerprint density at radius 2 is 1.56 bits per heavy atom. The van der Waals surface area contributed by atoms with E-state index in [2.05, 4.69) is 19.0 Å². The Morgan fingerprint density at radius 1 is 1.00 bits per heavy atom. The van der Waals surface area contributed by atoms with Crippen LogP contribution in [-0.2, 0) is 0 Å². The average Bonchev–Trinajstić information content (AvgIpc) is 1.90. The molecule has 0 unspecified atom stereocenters. The Hall–Kier alpha value is -0.0400. The number of hydrogen-bond acceptors (Lipinski definition) is 1. The van der Waals surface area contributed by atoms with Crippen LogP contribution in [-0.4, -0.2) is 19.0 Å². The molecule has 0 aromatic rings. The predicted octanol–water partition coefficient (Wildman–Crippen LogP) is 2.04. The Labute approximate surface area is 58.0 Å². The van der Waals surface area contributed by atoms with E-state index in [-0.39, 0.29) is 0 Å². The summed E-state index contributed by atoms with van der Waals surface area (Å²) < 4.78 is 0. The second-order valence-corrected chi connectivity index (χ2v) is 3.02. The van der Waals surface area contributed by atoms with Crippen molar-refractivity contribution in [2.75, 3.05) is 14.1 Å². The van der Waals surface area contributed by atoms with Gasteiger partial charge in [-0.2, -0.15) is 0 Å². The molecule has 0 aromatic carbocycles. The molecule has 0 bridgehead atoms. The van der Waals surface area contributed by atoms with Crippen LogP contribution >= 0.6 is 0 Å². The summed E-state index contributed by atoms with van der Waals surface area (Å²) in [5.41, 5.74) is 0. The van der Waals surface area contributed by atoms with Gasteiger partial charge in [-0.05, 0) is 26.9 Å². The molecule has 1 heteroatoms. The van der Waals surface area contributed by atoms with Gasteiger partial charge in [0.25, 0.3) is 0 Å². The van der Waals surface area contributed by atoms with E-state index in [1.807, 2.05) is 0 Å². The first-order valence-electron chi connectivity index (χ1n) is 3.83. The summed E-state index contributed by atoms with van der Waals surface area (Å²) in [4.78, 5) is 2.28. The maximum atomic E-state index is 2.28. The first-order chi connectivity index (χ1) is 4.30. The van der Waals surface area contributed by atoms with Gasteiger partial charge in [0.05, 0.1) is 0 Å². The van der Waals surface area contributed by atoms with Gasteiger partial charge in [-0.25, -0.2) is 0 Å². The topological polar surface area (TPSA) is 3.24 Å². The van der Waals surface area contributed by atoms with E-state index >= 15 is 0 Å². The highest BCUT2D eigenvalue weighted by Crippen LogP contribution is 2.26. The van der Waals surface area contributed by atoms with Crippen LogP contribution in [0.15, 0.2) is 0 Å². The smallest absolute Gasteiger partial charge is 0.0386 e. The molecule has 0 heterocycles. The minimum absolute atomic E-state index is 1.34. The maximum absolute atomic E-state index is 2.28. The minimum Gasteiger partial charge on any atom is -0.302 e. The van der Waals surface area contributed by atoms with Crippen molar-refractivity contribution in [2.45, 2.75) is 32.1 Å². The van der Waals surface area contributed by atoms with Gasteiger partial charge in [0.2, 0.25) is 0 Å². The van der Waals surface area contributed by atoms with E-state index in [4.69, 9.17) is 0 Å². The Morgan fingerprint density at radius 3 is 1.89 bits per heavy atom. The van der Waals surface area contributed by atoms with Crippen molar-refractivity contribution in [3.05, 3.63) is 6.04 Å². The minimum atomic E-state index is 1.34. The van der Waals surface area contributed by atoms with Crippen molar-refractivity contribution in [1.29, 1.82) is 0 Å². The highest BCUT2D eigenvalue weighted by atomic mass is 15.1. The zero-order valence-corrected chi connectivity index (χ0v) is 6.48. The number of rotatable bonds is 1. The molecule has 1 nitrogen and oxygen atoms in total. The van der Waals surface area contributed by atoms with Crippen molar-refractivity contribution in [1.82, 2.24) is 4.90 Å². The predicted molar refractivity (Wildman–Crippen MR) is 40.0 cm³/mol. The van der Waals surface area contributed by atoms with Gasteiger partial charge in [-0.15, -0.1) is 0 Å². The quantitative estimate of drug-likeness (QED) is 0.519. The molecular formula is C8H16N. The van der Waals surface area contributed by atoms with Crippen molar-refractivity contribution >= 4 is 0 Å². The second-order valence-electron chi connectivity index (χ2n) is 3.02. The lowest BCUT2D eigenvalue weighted by Crippen LogP contribution is -2.21. The van der Waals surface area contributed by atoms with Crippen LogP contribution in [0.2, 0.25) is 0 Å². The summed E-state index contributed by atoms with van der Waals surface area (Å²) in [5, 5.41) is 0.